The molecule has 0 aliphatic carbocycles. The van der Waals surface area contributed by atoms with Crippen molar-refractivity contribution >= 4 is 0 Å². The first kappa shape index (κ1) is 9.09. The molecule has 0 spiro atoms. The minimum absolute atomic E-state index is 0.318. The molecule has 0 fully saturated rings. The summed E-state index contributed by atoms with van der Waals surface area (Å²) < 4.78 is 0. The molecule has 0 bridgehead atoms. The van der Waals surface area contributed by atoms with Gasteiger partial charge in [-0.1, -0.05) is 0 Å². The average Bonchev–Trinajstić information content (AvgIpc) is 2.05. The van der Waals surface area contributed by atoms with Crippen LogP contribution in [0.3, 0.4) is 0 Å². The molecule has 0 aromatic carbocycles. The normalized spacial score (nSPS) is 12.8. The number of nitrogens with one attached hydrogen (secondary N) is 1. The summed E-state index contributed by atoms with van der Waals surface area (Å²) in [4.78, 5) is 0. The van der Waals surface area contributed by atoms with Crippen LogP contribution in [0.15, 0.2) is 18.3 Å². The molecule has 1 rings (SSSR count). The summed E-state index contributed by atoms with van der Waals surface area (Å²) in [5, 5.41) is 19.6. The van der Waals surface area contributed by atoms with E-state index in [1.165, 1.54) is 0 Å². The van der Waals surface area contributed by atoms with Gasteiger partial charge in [-0.3, -0.25) is 0 Å². The van der Waals surface area contributed by atoms with Crippen molar-refractivity contribution in [3.05, 3.63) is 24.0 Å². The van der Waals surface area contributed by atoms with E-state index in [-0.39, 0.29) is 6.10 Å². The highest BCUT2D eigenvalue weighted by Gasteiger charge is 1.95. The van der Waals surface area contributed by atoms with Crippen LogP contribution in [0.1, 0.15) is 12.6 Å². The Balaban J connectivity index is 2.25. The van der Waals surface area contributed by atoms with Gasteiger partial charge in [0, 0.05) is 19.3 Å². The fourth-order valence-corrected chi connectivity index (χ4v) is 0.837. The van der Waals surface area contributed by atoms with Crippen LogP contribution >= 0.6 is 0 Å². The van der Waals surface area contributed by atoms with Crippen LogP contribution < -0.4 is 5.32 Å². The molecule has 4 nitrogen and oxygen atoms in total. The largest absolute Gasteiger partial charge is 0.392 e. The lowest BCUT2D eigenvalue weighted by Gasteiger charge is -2.04. The monoisotopic (exact) mass is 167 g/mol. The van der Waals surface area contributed by atoms with E-state index < -0.39 is 0 Å². The van der Waals surface area contributed by atoms with E-state index in [1.54, 1.807) is 13.1 Å². The van der Waals surface area contributed by atoms with E-state index in [0.29, 0.717) is 13.1 Å². The quantitative estimate of drug-likeness (QED) is 0.660. The van der Waals surface area contributed by atoms with Gasteiger partial charge in [0.2, 0.25) is 0 Å². The van der Waals surface area contributed by atoms with Crippen LogP contribution in [0.25, 0.3) is 0 Å². The van der Waals surface area contributed by atoms with E-state index in [9.17, 15) is 0 Å². The van der Waals surface area contributed by atoms with E-state index in [1.807, 2.05) is 12.1 Å². The first-order valence-corrected chi connectivity index (χ1v) is 3.94. The summed E-state index contributed by atoms with van der Waals surface area (Å²) in [6, 6.07) is 3.73. The summed E-state index contributed by atoms with van der Waals surface area (Å²) in [5.74, 6) is 0. The van der Waals surface area contributed by atoms with Gasteiger partial charge in [-0.05, 0) is 19.1 Å². The third kappa shape index (κ3) is 3.41. The van der Waals surface area contributed by atoms with Crippen LogP contribution in [0, 0.1) is 0 Å². The zero-order valence-electron chi connectivity index (χ0n) is 7.07. The molecule has 0 aliphatic heterocycles. The summed E-state index contributed by atoms with van der Waals surface area (Å²) in [7, 11) is 0. The Bertz CT molecular complexity index is 213. The van der Waals surface area contributed by atoms with Gasteiger partial charge in [-0.15, -0.1) is 0 Å². The Hall–Kier alpha value is -1.00. The molecular formula is C8H13N3O. The van der Waals surface area contributed by atoms with Crippen molar-refractivity contribution in [2.45, 2.75) is 19.6 Å². The second-order valence-electron chi connectivity index (χ2n) is 2.69. The van der Waals surface area contributed by atoms with E-state index >= 15 is 0 Å². The second-order valence-corrected chi connectivity index (χ2v) is 2.69. The predicted octanol–water partition coefficient (Wildman–Crippen LogP) is -0.0530. The molecule has 1 aromatic heterocycles. The SMILES string of the molecule is C[C@H](O)CNCc1cccnn1. The van der Waals surface area contributed by atoms with Crippen molar-refractivity contribution in [1.29, 1.82) is 0 Å². The summed E-state index contributed by atoms with van der Waals surface area (Å²) >= 11 is 0. The molecule has 1 heterocycles. The molecule has 0 radical (unpaired) electrons. The third-order valence-electron chi connectivity index (χ3n) is 1.37. The van der Waals surface area contributed by atoms with Gasteiger partial charge in [-0.2, -0.15) is 10.2 Å². The minimum atomic E-state index is -0.318. The molecule has 66 valence electrons. The van der Waals surface area contributed by atoms with Crippen LogP contribution in [0.2, 0.25) is 0 Å². The third-order valence-corrected chi connectivity index (χ3v) is 1.37. The Labute approximate surface area is 71.6 Å². The fourth-order valence-electron chi connectivity index (χ4n) is 0.837. The number of hydrogen-bond donors (Lipinski definition) is 2. The first-order valence-electron chi connectivity index (χ1n) is 3.94. The number of aliphatic hydroxyl groups is 1. The van der Waals surface area contributed by atoms with Crippen molar-refractivity contribution in [2.24, 2.45) is 0 Å². The van der Waals surface area contributed by atoms with Gasteiger partial charge in [0.25, 0.3) is 0 Å². The lowest BCUT2D eigenvalue weighted by Crippen LogP contribution is -2.24. The zero-order chi connectivity index (χ0) is 8.81. The average molecular weight is 167 g/mol. The van der Waals surface area contributed by atoms with Gasteiger partial charge in [0.1, 0.15) is 0 Å². The van der Waals surface area contributed by atoms with Crippen LogP contribution in [0.5, 0.6) is 0 Å². The van der Waals surface area contributed by atoms with Crippen molar-refractivity contribution < 1.29 is 5.11 Å². The highest BCUT2D eigenvalue weighted by Crippen LogP contribution is 1.89. The lowest BCUT2D eigenvalue weighted by molar-refractivity contribution is 0.191. The molecular weight excluding hydrogens is 154 g/mol. The Morgan fingerprint density at radius 1 is 1.67 bits per heavy atom. The van der Waals surface area contributed by atoms with Crippen LogP contribution in [-0.2, 0) is 6.54 Å². The fraction of sp³-hybridized carbons (Fsp3) is 0.500. The van der Waals surface area contributed by atoms with Crippen LogP contribution in [-0.4, -0.2) is 28.0 Å². The van der Waals surface area contributed by atoms with Gasteiger partial charge >= 0.3 is 0 Å². The number of aliphatic hydroxyl groups excluding tert-OH is 1. The molecule has 0 saturated heterocycles. The van der Waals surface area contributed by atoms with Gasteiger partial charge in [-0.25, -0.2) is 0 Å². The smallest absolute Gasteiger partial charge is 0.0768 e. The van der Waals surface area contributed by atoms with E-state index in [0.717, 1.165) is 5.69 Å². The van der Waals surface area contributed by atoms with Gasteiger partial charge in [0.15, 0.2) is 0 Å². The molecule has 1 aromatic rings. The number of rotatable bonds is 4. The van der Waals surface area contributed by atoms with E-state index in [4.69, 9.17) is 5.11 Å². The van der Waals surface area contributed by atoms with Crippen LogP contribution in [0.4, 0.5) is 0 Å². The maximum atomic E-state index is 8.93. The number of hydrogen-bond acceptors (Lipinski definition) is 4. The Morgan fingerprint density at radius 3 is 3.08 bits per heavy atom. The van der Waals surface area contributed by atoms with Crippen molar-refractivity contribution in [2.75, 3.05) is 6.54 Å². The predicted molar refractivity (Wildman–Crippen MR) is 45.4 cm³/mol. The molecule has 0 unspecified atom stereocenters. The minimum Gasteiger partial charge on any atom is -0.392 e. The number of nitrogens with zero attached hydrogens (tertiary/aromatic N) is 2. The molecule has 12 heavy (non-hydrogen) atoms. The molecule has 2 N–H and O–H groups in total. The summed E-state index contributed by atoms with van der Waals surface area (Å²) in [6.45, 7) is 2.97. The molecule has 1 atom stereocenters. The van der Waals surface area contributed by atoms with Gasteiger partial charge < -0.3 is 10.4 Å². The molecule has 0 aliphatic rings. The topological polar surface area (TPSA) is 58.0 Å². The van der Waals surface area contributed by atoms with Crippen molar-refractivity contribution in [1.82, 2.24) is 15.5 Å². The Kier molecular flexibility index (Phi) is 3.63. The maximum Gasteiger partial charge on any atom is 0.0768 e. The van der Waals surface area contributed by atoms with Crippen molar-refractivity contribution in [3.63, 3.8) is 0 Å². The first-order chi connectivity index (χ1) is 5.79. The molecule has 4 heteroatoms. The highest BCUT2D eigenvalue weighted by atomic mass is 16.3. The standard InChI is InChI=1S/C8H13N3O/c1-7(12)5-9-6-8-3-2-4-10-11-8/h2-4,7,9,12H,5-6H2,1H3/t7-/m0/s1. The summed E-state index contributed by atoms with van der Waals surface area (Å²) in [6.07, 6.45) is 1.32. The second kappa shape index (κ2) is 4.79. The highest BCUT2D eigenvalue weighted by molar-refractivity contribution is 4.98. The lowest BCUT2D eigenvalue weighted by atomic mass is 10.3. The Morgan fingerprint density at radius 2 is 2.50 bits per heavy atom. The van der Waals surface area contributed by atoms with Gasteiger partial charge in [0.05, 0.1) is 11.8 Å². The molecule has 0 amide bonds. The maximum absolute atomic E-state index is 8.93. The van der Waals surface area contributed by atoms with Crippen molar-refractivity contribution in [3.8, 4) is 0 Å². The summed E-state index contributed by atoms with van der Waals surface area (Å²) in [5.41, 5.74) is 0.887. The zero-order valence-corrected chi connectivity index (χ0v) is 7.07. The molecule has 0 saturated carbocycles. The number of aromatic nitrogens is 2. The van der Waals surface area contributed by atoms with E-state index in [2.05, 4.69) is 15.5 Å².